The van der Waals surface area contributed by atoms with Crippen molar-refractivity contribution in [1.29, 1.82) is 0 Å². The van der Waals surface area contributed by atoms with E-state index in [2.05, 4.69) is 22.4 Å². The predicted molar refractivity (Wildman–Crippen MR) is 94.0 cm³/mol. The highest BCUT2D eigenvalue weighted by Gasteiger charge is 2.42. The molecule has 23 heavy (non-hydrogen) atoms. The van der Waals surface area contributed by atoms with Crippen LogP contribution in [0.4, 0.5) is 5.13 Å². The summed E-state index contributed by atoms with van der Waals surface area (Å²) >= 11 is 1.67. The number of thiazole rings is 1. The van der Waals surface area contributed by atoms with Crippen LogP contribution in [0.15, 0.2) is 30.3 Å². The van der Waals surface area contributed by atoms with Crippen molar-refractivity contribution in [3.8, 4) is 0 Å². The first kappa shape index (κ1) is 14.9. The van der Waals surface area contributed by atoms with Crippen LogP contribution in [-0.2, 0) is 23.1 Å². The molecular weight excluding hydrogens is 304 g/mol. The van der Waals surface area contributed by atoms with Crippen LogP contribution in [0, 0.1) is 0 Å². The number of nitrogens with one attached hydrogen (secondary N) is 1. The van der Waals surface area contributed by atoms with Crippen LogP contribution in [0.25, 0.3) is 0 Å². The smallest absolute Gasteiger partial charge is 0.236 e. The molecule has 3 nitrogen and oxygen atoms in total. The van der Waals surface area contributed by atoms with Gasteiger partial charge in [-0.2, -0.15) is 0 Å². The Morgan fingerprint density at radius 2 is 1.78 bits per heavy atom. The molecule has 1 aromatic heterocycles. The fourth-order valence-corrected chi connectivity index (χ4v) is 5.05. The molecule has 1 N–H and O–H groups in total. The number of benzene rings is 1. The van der Waals surface area contributed by atoms with E-state index in [1.807, 2.05) is 18.2 Å². The molecule has 0 unspecified atom stereocenters. The summed E-state index contributed by atoms with van der Waals surface area (Å²) in [6.45, 7) is 0. The van der Waals surface area contributed by atoms with Gasteiger partial charge < -0.3 is 5.32 Å². The molecule has 4 rings (SSSR count). The Balaban J connectivity index is 1.60. The van der Waals surface area contributed by atoms with E-state index in [1.165, 1.54) is 23.4 Å². The third-order valence-electron chi connectivity index (χ3n) is 5.28. The highest BCUT2D eigenvalue weighted by atomic mass is 32.1. The van der Waals surface area contributed by atoms with Crippen molar-refractivity contribution in [2.45, 2.75) is 56.8 Å². The summed E-state index contributed by atoms with van der Waals surface area (Å²) in [6, 6.07) is 10.3. The number of rotatable bonds is 3. The summed E-state index contributed by atoms with van der Waals surface area (Å²) in [5, 5.41) is 3.94. The minimum absolute atomic E-state index is 0.132. The van der Waals surface area contributed by atoms with Gasteiger partial charge in [-0.25, -0.2) is 4.98 Å². The highest BCUT2D eigenvalue weighted by Crippen LogP contribution is 2.42. The topological polar surface area (TPSA) is 42.0 Å². The molecule has 0 saturated heterocycles. The first-order chi connectivity index (χ1) is 11.3. The van der Waals surface area contributed by atoms with Crippen molar-refractivity contribution in [1.82, 2.24) is 4.98 Å². The second-order valence-corrected chi connectivity index (χ2v) is 7.79. The van der Waals surface area contributed by atoms with Gasteiger partial charge in [-0.1, -0.05) is 43.2 Å². The van der Waals surface area contributed by atoms with Crippen molar-refractivity contribution in [3.63, 3.8) is 0 Å². The quantitative estimate of drug-likeness (QED) is 0.904. The number of anilines is 1. The Bertz CT molecular complexity index is 678. The molecule has 120 valence electrons. The van der Waals surface area contributed by atoms with Crippen molar-refractivity contribution in [2.24, 2.45) is 0 Å². The fraction of sp³-hybridized carbons (Fsp3) is 0.474. The van der Waals surface area contributed by atoms with Crippen LogP contribution in [0.2, 0.25) is 0 Å². The summed E-state index contributed by atoms with van der Waals surface area (Å²) in [6.07, 6.45) is 8.77. The van der Waals surface area contributed by atoms with E-state index in [0.29, 0.717) is 0 Å². The molecule has 0 bridgehead atoms. The zero-order valence-corrected chi connectivity index (χ0v) is 14.1. The van der Waals surface area contributed by atoms with E-state index in [9.17, 15) is 4.79 Å². The van der Waals surface area contributed by atoms with Gasteiger partial charge >= 0.3 is 0 Å². The molecule has 1 fully saturated rings. The number of hydrogen-bond donors (Lipinski definition) is 1. The van der Waals surface area contributed by atoms with E-state index >= 15 is 0 Å². The minimum atomic E-state index is -0.368. The molecular formula is C19H22N2OS. The second-order valence-electron chi connectivity index (χ2n) is 6.71. The van der Waals surface area contributed by atoms with E-state index in [-0.39, 0.29) is 11.3 Å². The average Bonchev–Trinajstić information content (AvgIpc) is 3.23. The minimum Gasteiger partial charge on any atom is -0.301 e. The number of amides is 1. The zero-order valence-electron chi connectivity index (χ0n) is 13.3. The molecule has 1 aromatic carbocycles. The van der Waals surface area contributed by atoms with E-state index < -0.39 is 0 Å². The molecule has 1 saturated carbocycles. The maximum Gasteiger partial charge on any atom is 0.236 e. The second kappa shape index (κ2) is 6.08. The Morgan fingerprint density at radius 3 is 2.52 bits per heavy atom. The van der Waals surface area contributed by atoms with Crippen LogP contribution in [0.1, 0.15) is 54.7 Å². The first-order valence-corrected chi connectivity index (χ1v) is 9.45. The van der Waals surface area contributed by atoms with E-state index in [0.717, 1.165) is 49.2 Å². The monoisotopic (exact) mass is 326 g/mol. The number of carbonyl (C=O) groups excluding carboxylic acids is 1. The number of carbonyl (C=O) groups is 1. The largest absolute Gasteiger partial charge is 0.301 e. The van der Waals surface area contributed by atoms with Gasteiger partial charge in [0.25, 0.3) is 0 Å². The summed E-state index contributed by atoms with van der Waals surface area (Å²) in [5.41, 5.74) is 1.99. The van der Waals surface area contributed by atoms with Gasteiger partial charge in [-0.05, 0) is 44.1 Å². The Labute approximate surface area is 141 Å². The fourth-order valence-electron chi connectivity index (χ4n) is 4.00. The van der Waals surface area contributed by atoms with Crippen molar-refractivity contribution >= 4 is 22.4 Å². The SMILES string of the molecule is O=C(Nc1nc2c(s1)CCCC2)C1(c2ccccc2)CCCC1. The Kier molecular flexibility index (Phi) is 3.93. The standard InChI is InChI=1S/C19H22N2OS/c22-17(21-18-20-15-10-4-5-11-16(15)23-18)19(12-6-7-13-19)14-8-2-1-3-9-14/h1-3,8-9H,4-7,10-13H2,(H,20,21,22). The summed E-state index contributed by atoms with van der Waals surface area (Å²) < 4.78 is 0. The predicted octanol–water partition coefficient (Wildman–Crippen LogP) is 4.47. The van der Waals surface area contributed by atoms with E-state index in [4.69, 9.17) is 0 Å². The summed E-state index contributed by atoms with van der Waals surface area (Å²) in [7, 11) is 0. The Morgan fingerprint density at radius 1 is 1.04 bits per heavy atom. The lowest BCUT2D eigenvalue weighted by atomic mass is 9.78. The van der Waals surface area contributed by atoms with Gasteiger partial charge in [0.05, 0.1) is 11.1 Å². The lowest BCUT2D eigenvalue weighted by Gasteiger charge is -2.27. The molecule has 0 atom stereocenters. The maximum atomic E-state index is 13.1. The van der Waals surface area contributed by atoms with Crippen LogP contribution in [0.3, 0.4) is 0 Å². The number of fused-ring (bicyclic) bond motifs is 1. The molecule has 1 heterocycles. The first-order valence-electron chi connectivity index (χ1n) is 8.63. The number of nitrogens with zero attached hydrogens (tertiary/aromatic N) is 1. The van der Waals surface area contributed by atoms with Gasteiger partial charge in [0.2, 0.25) is 5.91 Å². The van der Waals surface area contributed by atoms with Gasteiger partial charge in [-0.3, -0.25) is 4.79 Å². The third-order valence-corrected chi connectivity index (χ3v) is 6.36. The molecule has 2 aliphatic rings. The molecule has 2 aromatic rings. The number of aromatic nitrogens is 1. The third kappa shape index (κ3) is 2.69. The summed E-state index contributed by atoms with van der Waals surface area (Å²) in [5.74, 6) is 0.132. The molecule has 1 amide bonds. The molecule has 0 radical (unpaired) electrons. The van der Waals surface area contributed by atoms with Crippen molar-refractivity contribution < 1.29 is 4.79 Å². The molecule has 4 heteroatoms. The van der Waals surface area contributed by atoms with Gasteiger partial charge in [0, 0.05) is 4.88 Å². The lowest BCUT2D eigenvalue weighted by Crippen LogP contribution is -2.37. The van der Waals surface area contributed by atoms with Gasteiger partial charge in [0.15, 0.2) is 5.13 Å². The van der Waals surface area contributed by atoms with Crippen LogP contribution < -0.4 is 5.32 Å². The van der Waals surface area contributed by atoms with Crippen LogP contribution in [-0.4, -0.2) is 10.9 Å². The molecule has 0 aliphatic heterocycles. The molecule has 0 spiro atoms. The van der Waals surface area contributed by atoms with Crippen molar-refractivity contribution in [3.05, 3.63) is 46.5 Å². The normalized spacial score (nSPS) is 19.3. The highest BCUT2D eigenvalue weighted by molar-refractivity contribution is 7.15. The maximum absolute atomic E-state index is 13.1. The van der Waals surface area contributed by atoms with Crippen LogP contribution in [0.5, 0.6) is 0 Å². The van der Waals surface area contributed by atoms with Crippen LogP contribution >= 0.6 is 11.3 Å². The number of hydrogen-bond acceptors (Lipinski definition) is 3. The average molecular weight is 326 g/mol. The summed E-state index contributed by atoms with van der Waals surface area (Å²) in [4.78, 5) is 19.1. The molecule has 2 aliphatic carbocycles. The number of aryl methyl sites for hydroxylation is 2. The van der Waals surface area contributed by atoms with Gasteiger partial charge in [-0.15, -0.1) is 11.3 Å². The zero-order chi connectivity index (χ0) is 15.7. The Hall–Kier alpha value is -1.68. The lowest BCUT2D eigenvalue weighted by molar-refractivity contribution is -0.121. The van der Waals surface area contributed by atoms with E-state index in [1.54, 1.807) is 11.3 Å². The van der Waals surface area contributed by atoms with Crippen molar-refractivity contribution in [2.75, 3.05) is 5.32 Å². The van der Waals surface area contributed by atoms with Gasteiger partial charge in [0.1, 0.15) is 0 Å².